The minimum absolute atomic E-state index is 0.0401. The molecule has 2 fully saturated rings. The number of nitrogens with zero attached hydrogens (tertiary/aromatic N) is 2. The van der Waals surface area contributed by atoms with Crippen LogP contribution < -0.4 is 10.6 Å². The van der Waals surface area contributed by atoms with Crippen LogP contribution in [-0.4, -0.2) is 53.8 Å². The van der Waals surface area contributed by atoms with Gasteiger partial charge >= 0.3 is 6.03 Å². The summed E-state index contributed by atoms with van der Waals surface area (Å²) >= 11 is 0. The monoisotopic (exact) mass is 372 g/mol. The maximum absolute atomic E-state index is 12.2. The third-order valence-corrected chi connectivity index (χ3v) is 5.17. The second-order valence-electron chi connectivity index (χ2n) is 7.82. The molecule has 2 unspecified atom stereocenters. The molecule has 0 bridgehead atoms. The number of piperidine rings is 1. The minimum Gasteiger partial charge on any atom is -0.350 e. The molecular weight excluding hydrogens is 344 g/mol. The van der Waals surface area contributed by atoms with Crippen molar-refractivity contribution in [3.05, 3.63) is 35.4 Å². The molecule has 0 aliphatic carbocycles. The van der Waals surface area contributed by atoms with E-state index in [0.29, 0.717) is 18.4 Å². The van der Waals surface area contributed by atoms with E-state index in [1.54, 1.807) is 0 Å². The number of benzene rings is 1. The van der Waals surface area contributed by atoms with Gasteiger partial charge in [0.1, 0.15) is 6.54 Å². The van der Waals surface area contributed by atoms with Gasteiger partial charge in [-0.2, -0.15) is 0 Å². The highest BCUT2D eigenvalue weighted by Gasteiger charge is 2.30. The van der Waals surface area contributed by atoms with Gasteiger partial charge in [-0.25, -0.2) is 4.79 Å². The molecule has 27 heavy (non-hydrogen) atoms. The van der Waals surface area contributed by atoms with Crippen LogP contribution >= 0.6 is 0 Å². The number of imide groups is 1. The zero-order valence-corrected chi connectivity index (χ0v) is 16.0. The number of rotatable bonds is 6. The molecule has 1 aromatic rings. The molecule has 146 valence electrons. The van der Waals surface area contributed by atoms with E-state index in [1.165, 1.54) is 12.0 Å². The van der Waals surface area contributed by atoms with Gasteiger partial charge in [-0.1, -0.05) is 38.1 Å². The van der Waals surface area contributed by atoms with E-state index < -0.39 is 6.03 Å². The first-order valence-corrected chi connectivity index (χ1v) is 9.56. The Labute approximate surface area is 160 Å². The van der Waals surface area contributed by atoms with E-state index in [9.17, 15) is 14.4 Å². The lowest BCUT2D eigenvalue weighted by Crippen LogP contribution is -2.41. The highest BCUT2D eigenvalue weighted by molar-refractivity contribution is 6.04. The Balaban J connectivity index is 1.56. The number of carbonyl (C=O) groups excluding carboxylic acids is 3. The number of carbonyl (C=O) groups is 3. The Hall–Kier alpha value is -2.41. The van der Waals surface area contributed by atoms with Crippen molar-refractivity contribution in [2.45, 2.75) is 33.4 Å². The maximum atomic E-state index is 12.2. The second kappa shape index (κ2) is 8.52. The van der Waals surface area contributed by atoms with E-state index in [1.807, 2.05) is 18.2 Å². The number of likely N-dealkylation sites (tertiary alicyclic amines) is 1. The first-order valence-electron chi connectivity index (χ1n) is 9.56. The molecule has 2 saturated heterocycles. The summed E-state index contributed by atoms with van der Waals surface area (Å²) in [6, 6.07) is 7.58. The highest BCUT2D eigenvalue weighted by Crippen LogP contribution is 2.23. The molecule has 0 radical (unpaired) electrons. The number of amides is 4. The van der Waals surface area contributed by atoms with Gasteiger partial charge in [0.15, 0.2) is 0 Å². The van der Waals surface area contributed by atoms with Gasteiger partial charge in [-0.3, -0.25) is 19.4 Å². The van der Waals surface area contributed by atoms with Crippen molar-refractivity contribution in [2.75, 3.05) is 26.2 Å². The standard InChI is InChI=1S/C20H28N4O3/c1-14-7-15(2)11-23(10-14)12-17-6-4-3-5-16(17)8-21-18(25)13-24-19(26)9-22-20(24)27/h3-6,14-15H,7-13H2,1-2H3,(H,21,25)(H,22,27). The molecule has 2 N–H and O–H groups in total. The molecular formula is C20H28N4O3. The van der Waals surface area contributed by atoms with Crippen molar-refractivity contribution in [1.29, 1.82) is 0 Å². The van der Waals surface area contributed by atoms with Gasteiger partial charge in [0.05, 0.1) is 6.54 Å². The molecule has 7 heteroatoms. The lowest BCUT2D eigenvalue weighted by molar-refractivity contribution is -0.130. The van der Waals surface area contributed by atoms with Crippen LogP contribution in [0, 0.1) is 11.8 Å². The van der Waals surface area contributed by atoms with Crippen molar-refractivity contribution in [3.8, 4) is 0 Å². The van der Waals surface area contributed by atoms with Crippen molar-refractivity contribution in [3.63, 3.8) is 0 Å². The van der Waals surface area contributed by atoms with E-state index in [0.717, 1.165) is 30.1 Å². The topological polar surface area (TPSA) is 81.8 Å². The third-order valence-electron chi connectivity index (χ3n) is 5.17. The maximum Gasteiger partial charge on any atom is 0.325 e. The molecule has 0 aromatic heterocycles. The Kier molecular flexibility index (Phi) is 6.11. The predicted octanol–water partition coefficient (Wildman–Crippen LogP) is 1.33. The Bertz CT molecular complexity index is 695. The molecule has 3 rings (SSSR count). The van der Waals surface area contributed by atoms with E-state index in [2.05, 4.69) is 35.4 Å². The van der Waals surface area contributed by atoms with Crippen LogP contribution in [0.5, 0.6) is 0 Å². The summed E-state index contributed by atoms with van der Waals surface area (Å²) < 4.78 is 0. The van der Waals surface area contributed by atoms with Gasteiger partial charge in [-0.15, -0.1) is 0 Å². The molecule has 0 saturated carbocycles. The van der Waals surface area contributed by atoms with Gasteiger partial charge in [-0.05, 0) is 29.4 Å². The second-order valence-corrected chi connectivity index (χ2v) is 7.82. The molecule has 1 aromatic carbocycles. The van der Waals surface area contributed by atoms with Crippen molar-refractivity contribution in [1.82, 2.24) is 20.4 Å². The average molecular weight is 372 g/mol. The summed E-state index contributed by atoms with van der Waals surface area (Å²) in [5.41, 5.74) is 2.27. The summed E-state index contributed by atoms with van der Waals surface area (Å²) in [7, 11) is 0. The molecule has 2 aliphatic heterocycles. The Morgan fingerprint density at radius 1 is 1.15 bits per heavy atom. The Morgan fingerprint density at radius 3 is 2.44 bits per heavy atom. The fourth-order valence-electron chi connectivity index (χ4n) is 4.05. The predicted molar refractivity (Wildman–Crippen MR) is 102 cm³/mol. The summed E-state index contributed by atoms with van der Waals surface area (Å²) in [5.74, 6) is 0.689. The minimum atomic E-state index is -0.510. The Morgan fingerprint density at radius 2 is 1.81 bits per heavy atom. The van der Waals surface area contributed by atoms with E-state index >= 15 is 0 Å². The van der Waals surface area contributed by atoms with Crippen molar-refractivity contribution in [2.24, 2.45) is 11.8 Å². The van der Waals surface area contributed by atoms with Gasteiger partial charge in [0.2, 0.25) is 5.91 Å². The molecule has 2 aliphatic rings. The first kappa shape index (κ1) is 19.4. The zero-order valence-electron chi connectivity index (χ0n) is 16.0. The number of hydrogen-bond donors (Lipinski definition) is 2. The zero-order chi connectivity index (χ0) is 19.4. The fraction of sp³-hybridized carbons (Fsp3) is 0.550. The van der Waals surface area contributed by atoms with Crippen LogP contribution in [0.4, 0.5) is 4.79 Å². The largest absolute Gasteiger partial charge is 0.350 e. The van der Waals surface area contributed by atoms with Crippen LogP contribution in [0.1, 0.15) is 31.4 Å². The summed E-state index contributed by atoms with van der Waals surface area (Å²) in [6.07, 6.45) is 1.27. The highest BCUT2D eigenvalue weighted by atomic mass is 16.2. The van der Waals surface area contributed by atoms with Crippen LogP contribution in [0.15, 0.2) is 24.3 Å². The van der Waals surface area contributed by atoms with E-state index in [4.69, 9.17) is 0 Å². The summed E-state index contributed by atoms with van der Waals surface area (Å²) in [6.45, 7) is 7.75. The quantitative estimate of drug-likeness (QED) is 0.738. The average Bonchev–Trinajstić information content (AvgIpc) is 2.92. The van der Waals surface area contributed by atoms with Crippen LogP contribution in [0.2, 0.25) is 0 Å². The van der Waals surface area contributed by atoms with Crippen LogP contribution in [-0.2, 0) is 22.7 Å². The molecule has 2 heterocycles. The van der Waals surface area contributed by atoms with Gasteiger partial charge < -0.3 is 10.6 Å². The normalized spacial score (nSPS) is 23.4. The van der Waals surface area contributed by atoms with Crippen molar-refractivity contribution < 1.29 is 14.4 Å². The SMILES string of the molecule is CC1CC(C)CN(Cc2ccccc2CNC(=O)CN2C(=O)CNC2=O)C1. The molecule has 7 nitrogen and oxygen atoms in total. The fourth-order valence-corrected chi connectivity index (χ4v) is 4.05. The van der Waals surface area contributed by atoms with Crippen LogP contribution in [0.3, 0.4) is 0 Å². The molecule has 2 atom stereocenters. The first-order chi connectivity index (χ1) is 12.9. The number of urea groups is 1. The summed E-state index contributed by atoms with van der Waals surface area (Å²) in [5, 5.41) is 5.24. The number of hydrogen-bond acceptors (Lipinski definition) is 4. The van der Waals surface area contributed by atoms with Crippen LogP contribution in [0.25, 0.3) is 0 Å². The smallest absolute Gasteiger partial charge is 0.325 e. The van der Waals surface area contributed by atoms with E-state index in [-0.39, 0.29) is 24.9 Å². The molecule has 0 spiro atoms. The lowest BCUT2D eigenvalue weighted by atomic mass is 9.91. The third kappa shape index (κ3) is 5.07. The number of nitrogens with one attached hydrogen (secondary N) is 2. The summed E-state index contributed by atoms with van der Waals surface area (Å²) in [4.78, 5) is 38.7. The van der Waals surface area contributed by atoms with Gasteiger partial charge in [0, 0.05) is 26.2 Å². The lowest BCUT2D eigenvalue weighted by Gasteiger charge is -2.35. The van der Waals surface area contributed by atoms with Gasteiger partial charge in [0.25, 0.3) is 5.91 Å². The van der Waals surface area contributed by atoms with Crippen molar-refractivity contribution >= 4 is 17.8 Å². The molecule has 4 amide bonds.